The molecule has 2 nitrogen and oxygen atoms in total. The second kappa shape index (κ2) is 2.51. The van der Waals surface area contributed by atoms with Crippen molar-refractivity contribution in [2.24, 2.45) is 11.8 Å². The average molecular weight is 141 g/mol. The number of fused-ring (bicyclic) bond motifs is 1. The third kappa shape index (κ3) is 1.18. The van der Waals surface area contributed by atoms with Crippen LogP contribution < -0.4 is 0 Å². The molecule has 0 aromatic carbocycles. The largest absolute Gasteiger partial charge is 0.383 e. The fourth-order valence-corrected chi connectivity index (χ4v) is 1.90. The minimum atomic E-state index is 0.902. The second-order valence-electron chi connectivity index (χ2n) is 3.51. The van der Waals surface area contributed by atoms with Gasteiger partial charge in [-0.1, -0.05) is 0 Å². The summed E-state index contributed by atoms with van der Waals surface area (Å²) in [7, 11) is 1.77. The van der Waals surface area contributed by atoms with Crippen molar-refractivity contribution in [2.75, 3.05) is 33.4 Å². The van der Waals surface area contributed by atoms with Gasteiger partial charge in [-0.2, -0.15) is 0 Å². The highest BCUT2D eigenvalue weighted by Gasteiger charge is 2.44. The molecular weight excluding hydrogens is 126 g/mol. The number of piperidine rings is 1. The number of methoxy groups -OCH3 is 1. The molecule has 1 saturated heterocycles. The van der Waals surface area contributed by atoms with Crippen LogP contribution in [0.2, 0.25) is 0 Å². The topological polar surface area (TPSA) is 12.5 Å². The molecule has 0 bridgehead atoms. The highest BCUT2D eigenvalue weighted by molar-refractivity contribution is 4.96. The van der Waals surface area contributed by atoms with Crippen molar-refractivity contribution < 1.29 is 4.74 Å². The molecule has 2 rings (SSSR count). The summed E-state index contributed by atoms with van der Waals surface area (Å²) in [6.45, 7) is 4.73. The third-order valence-corrected chi connectivity index (χ3v) is 2.67. The van der Waals surface area contributed by atoms with E-state index in [4.69, 9.17) is 4.74 Å². The molecule has 1 saturated carbocycles. The van der Waals surface area contributed by atoms with E-state index in [1.54, 1.807) is 7.11 Å². The van der Waals surface area contributed by atoms with Gasteiger partial charge in [0, 0.05) is 26.7 Å². The van der Waals surface area contributed by atoms with Gasteiger partial charge in [0.05, 0.1) is 6.61 Å². The van der Waals surface area contributed by atoms with Gasteiger partial charge in [-0.05, 0) is 18.3 Å². The van der Waals surface area contributed by atoms with Crippen LogP contribution in [0.5, 0.6) is 0 Å². The Labute approximate surface area is 62.2 Å². The number of ether oxygens (including phenoxy) is 1. The maximum Gasteiger partial charge on any atom is 0.0589 e. The Morgan fingerprint density at radius 3 is 2.70 bits per heavy atom. The highest BCUT2D eigenvalue weighted by atomic mass is 16.5. The van der Waals surface area contributed by atoms with Crippen molar-refractivity contribution in [1.29, 1.82) is 0 Å². The van der Waals surface area contributed by atoms with Crippen molar-refractivity contribution in [3.05, 3.63) is 0 Å². The number of rotatable bonds is 3. The van der Waals surface area contributed by atoms with E-state index >= 15 is 0 Å². The first kappa shape index (κ1) is 6.62. The lowest BCUT2D eigenvalue weighted by Gasteiger charge is -2.15. The van der Waals surface area contributed by atoms with Crippen LogP contribution in [-0.4, -0.2) is 38.3 Å². The molecule has 1 heterocycles. The van der Waals surface area contributed by atoms with Crippen LogP contribution in [0.3, 0.4) is 0 Å². The Hall–Kier alpha value is -0.0800. The zero-order valence-corrected chi connectivity index (χ0v) is 6.55. The first-order valence-electron chi connectivity index (χ1n) is 4.11. The Morgan fingerprint density at radius 1 is 1.40 bits per heavy atom. The highest BCUT2D eigenvalue weighted by Crippen LogP contribution is 2.44. The van der Waals surface area contributed by atoms with Gasteiger partial charge in [0.2, 0.25) is 0 Å². The summed E-state index contributed by atoms with van der Waals surface area (Å²) < 4.78 is 5.01. The van der Waals surface area contributed by atoms with Gasteiger partial charge in [0.15, 0.2) is 0 Å². The number of likely N-dealkylation sites (tertiary alicyclic amines) is 1. The molecule has 0 aromatic heterocycles. The van der Waals surface area contributed by atoms with E-state index in [2.05, 4.69) is 4.90 Å². The number of hydrogen-bond donors (Lipinski definition) is 0. The molecule has 2 heteroatoms. The monoisotopic (exact) mass is 141 g/mol. The summed E-state index contributed by atoms with van der Waals surface area (Å²) in [6.07, 6.45) is 1.50. The van der Waals surface area contributed by atoms with E-state index in [1.807, 2.05) is 0 Å². The van der Waals surface area contributed by atoms with Gasteiger partial charge in [0.25, 0.3) is 0 Å². The second-order valence-corrected chi connectivity index (χ2v) is 3.51. The van der Waals surface area contributed by atoms with Crippen molar-refractivity contribution in [2.45, 2.75) is 6.42 Å². The smallest absolute Gasteiger partial charge is 0.0589 e. The summed E-state index contributed by atoms with van der Waals surface area (Å²) in [5, 5.41) is 0. The van der Waals surface area contributed by atoms with E-state index in [9.17, 15) is 0 Å². The molecule has 0 amide bonds. The standard InChI is InChI=1S/C8H15NO/c1-10-3-2-9-5-7-4-8(7)6-9/h7-8H,2-6H2,1H3/t7-,8+. The fourth-order valence-electron chi connectivity index (χ4n) is 1.90. The van der Waals surface area contributed by atoms with E-state index in [0.717, 1.165) is 25.0 Å². The van der Waals surface area contributed by atoms with Crippen LogP contribution in [0.25, 0.3) is 0 Å². The molecule has 2 aliphatic rings. The van der Waals surface area contributed by atoms with Crippen LogP contribution >= 0.6 is 0 Å². The van der Waals surface area contributed by atoms with E-state index in [1.165, 1.54) is 19.5 Å². The van der Waals surface area contributed by atoms with Crippen LogP contribution in [-0.2, 0) is 4.74 Å². The maximum absolute atomic E-state index is 5.01. The Morgan fingerprint density at radius 2 is 2.10 bits per heavy atom. The molecule has 1 aliphatic heterocycles. The lowest BCUT2D eigenvalue weighted by molar-refractivity contribution is 0.155. The van der Waals surface area contributed by atoms with E-state index < -0.39 is 0 Å². The summed E-state index contributed by atoms with van der Waals surface area (Å²) >= 11 is 0. The van der Waals surface area contributed by atoms with Gasteiger partial charge in [-0.3, -0.25) is 0 Å². The molecule has 0 unspecified atom stereocenters. The van der Waals surface area contributed by atoms with Crippen LogP contribution in [0.4, 0.5) is 0 Å². The van der Waals surface area contributed by atoms with E-state index in [0.29, 0.717) is 0 Å². The molecule has 10 heavy (non-hydrogen) atoms. The minimum absolute atomic E-state index is 0.902. The van der Waals surface area contributed by atoms with Crippen molar-refractivity contribution in [1.82, 2.24) is 4.90 Å². The first-order valence-corrected chi connectivity index (χ1v) is 4.11. The average Bonchev–Trinajstić information content (AvgIpc) is 2.56. The molecule has 0 radical (unpaired) electrons. The first-order chi connectivity index (χ1) is 4.90. The molecule has 0 spiro atoms. The minimum Gasteiger partial charge on any atom is -0.383 e. The number of hydrogen-bond acceptors (Lipinski definition) is 2. The summed E-state index contributed by atoms with van der Waals surface area (Å²) in [6, 6.07) is 0. The van der Waals surface area contributed by atoms with Gasteiger partial charge in [0.1, 0.15) is 0 Å². The molecular formula is C8H15NO. The van der Waals surface area contributed by atoms with Crippen molar-refractivity contribution >= 4 is 0 Å². The fraction of sp³-hybridized carbons (Fsp3) is 1.00. The van der Waals surface area contributed by atoms with Crippen LogP contribution in [0, 0.1) is 11.8 Å². The van der Waals surface area contributed by atoms with Crippen LogP contribution in [0.1, 0.15) is 6.42 Å². The van der Waals surface area contributed by atoms with Gasteiger partial charge < -0.3 is 9.64 Å². The summed E-state index contributed by atoms with van der Waals surface area (Å²) in [4.78, 5) is 2.52. The van der Waals surface area contributed by atoms with Crippen LogP contribution in [0.15, 0.2) is 0 Å². The van der Waals surface area contributed by atoms with Crippen molar-refractivity contribution in [3.8, 4) is 0 Å². The normalized spacial score (nSPS) is 38.1. The van der Waals surface area contributed by atoms with Gasteiger partial charge >= 0.3 is 0 Å². The predicted molar refractivity (Wildman–Crippen MR) is 39.9 cm³/mol. The molecule has 2 fully saturated rings. The number of nitrogens with zero attached hydrogens (tertiary/aromatic N) is 1. The Kier molecular flexibility index (Phi) is 1.66. The summed E-state index contributed by atoms with van der Waals surface area (Å²) in [5.41, 5.74) is 0. The quantitative estimate of drug-likeness (QED) is 0.570. The van der Waals surface area contributed by atoms with Gasteiger partial charge in [-0.15, -0.1) is 0 Å². The third-order valence-electron chi connectivity index (χ3n) is 2.67. The van der Waals surface area contributed by atoms with Gasteiger partial charge in [-0.25, -0.2) is 0 Å². The SMILES string of the molecule is COCCN1C[C@H]2C[C@H]2C1. The lowest BCUT2D eigenvalue weighted by Crippen LogP contribution is -2.26. The molecule has 1 aliphatic carbocycles. The lowest BCUT2D eigenvalue weighted by atomic mass is 10.4. The Bertz CT molecular complexity index is 116. The van der Waals surface area contributed by atoms with E-state index in [-0.39, 0.29) is 0 Å². The summed E-state index contributed by atoms with van der Waals surface area (Å²) in [5.74, 6) is 2.13. The zero-order valence-electron chi connectivity index (χ0n) is 6.55. The Balaban J connectivity index is 1.66. The van der Waals surface area contributed by atoms with Crippen molar-refractivity contribution in [3.63, 3.8) is 0 Å². The molecule has 0 aromatic rings. The predicted octanol–water partition coefficient (Wildman–Crippen LogP) is 0.585. The molecule has 58 valence electrons. The molecule has 2 atom stereocenters. The zero-order chi connectivity index (χ0) is 6.97. The molecule has 0 N–H and O–H groups in total. The maximum atomic E-state index is 5.01.